The van der Waals surface area contributed by atoms with E-state index in [0.717, 1.165) is 16.4 Å². The van der Waals surface area contributed by atoms with Crippen molar-refractivity contribution in [2.24, 2.45) is 0 Å². The molecule has 1 aliphatic rings. The van der Waals surface area contributed by atoms with Gasteiger partial charge in [-0.25, -0.2) is 8.42 Å². The van der Waals surface area contributed by atoms with E-state index < -0.39 is 26.7 Å². The van der Waals surface area contributed by atoms with Gasteiger partial charge in [0.1, 0.15) is 0 Å². The molecule has 0 atom stereocenters. The number of hydrogen-bond donors (Lipinski definition) is 0. The molecule has 0 radical (unpaired) electrons. The number of halogens is 4. The highest BCUT2D eigenvalue weighted by Gasteiger charge is 2.39. The highest BCUT2D eigenvalue weighted by molar-refractivity contribution is 9.10. The molecule has 0 saturated carbocycles. The normalized spacial score (nSPS) is 18.9. The van der Waals surface area contributed by atoms with Crippen LogP contribution in [-0.2, 0) is 16.2 Å². The zero-order valence-electron chi connectivity index (χ0n) is 11.2. The summed E-state index contributed by atoms with van der Waals surface area (Å²) in [7, 11) is -2.31. The van der Waals surface area contributed by atoms with Crippen LogP contribution < -0.4 is 0 Å². The lowest BCUT2D eigenvalue weighted by molar-refractivity contribution is -0.140. The summed E-state index contributed by atoms with van der Waals surface area (Å²) in [5, 5.41) is 0. The van der Waals surface area contributed by atoms with E-state index in [4.69, 9.17) is 0 Å². The van der Waals surface area contributed by atoms with Crippen molar-refractivity contribution >= 4 is 26.0 Å². The maximum atomic E-state index is 13.1. The third-order valence-electron chi connectivity index (χ3n) is 3.33. The highest BCUT2D eigenvalue weighted by atomic mass is 79.9. The van der Waals surface area contributed by atoms with Gasteiger partial charge in [-0.2, -0.15) is 17.5 Å². The molecule has 1 saturated heterocycles. The molecule has 1 aromatic rings. The van der Waals surface area contributed by atoms with Gasteiger partial charge in [0.05, 0.1) is 10.5 Å². The lowest BCUT2D eigenvalue weighted by Gasteiger charge is -2.32. The second-order valence-corrected chi connectivity index (χ2v) is 7.67. The lowest BCUT2D eigenvalue weighted by Crippen LogP contribution is -2.47. The van der Waals surface area contributed by atoms with E-state index in [0.29, 0.717) is 13.1 Å². The van der Waals surface area contributed by atoms with Crippen molar-refractivity contribution in [2.75, 3.05) is 33.2 Å². The SMILES string of the molecule is CN1CCN(S(=O)(=O)c2ccc(Br)cc2C(F)(F)F)CC1. The van der Waals surface area contributed by atoms with Crippen LogP contribution in [0.5, 0.6) is 0 Å². The predicted molar refractivity (Wildman–Crippen MR) is 75.4 cm³/mol. The van der Waals surface area contributed by atoms with Crippen molar-refractivity contribution in [1.82, 2.24) is 9.21 Å². The first-order valence-electron chi connectivity index (χ1n) is 6.18. The molecule has 0 aromatic heterocycles. The number of piperazine rings is 1. The fourth-order valence-corrected chi connectivity index (χ4v) is 4.09. The maximum absolute atomic E-state index is 13.1. The quantitative estimate of drug-likeness (QED) is 0.783. The van der Waals surface area contributed by atoms with Gasteiger partial charge in [-0.3, -0.25) is 0 Å². The zero-order chi connectivity index (χ0) is 15.8. The molecule has 1 aromatic carbocycles. The number of hydrogen-bond acceptors (Lipinski definition) is 3. The molecule has 118 valence electrons. The van der Waals surface area contributed by atoms with Crippen LogP contribution in [0.15, 0.2) is 27.6 Å². The Balaban J connectivity index is 2.45. The molecule has 0 bridgehead atoms. The van der Waals surface area contributed by atoms with Crippen molar-refractivity contribution in [1.29, 1.82) is 0 Å². The number of likely N-dealkylation sites (N-methyl/N-ethyl adjacent to an activating group) is 1. The summed E-state index contributed by atoms with van der Waals surface area (Å²) in [6, 6.07) is 3.10. The van der Waals surface area contributed by atoms with E-state index >= 15 is 0 Å². The second-order valence-electron chi connectivity index (χ2n) is 4.85. The molecule has 21 heavy (non-hydrogen) atoms. The molecule has 1 heterocycles. The van der Waals surface area contributed by atoms with Crippen LogP contribution in [0.25, 0.3) is 0 Å². The third kappa shape index (κ3) is 3.58. The van der Waals surface area contributed by atoms with E-state index in [1.165, 1.54) is 6.07 Å². The minimum Gasteiger partial charge on any atom is -0.304 e. The van der Waals surface area contributed by atoms with Crippen molar-refractivity contribution in [3.63, 3.8) is 0 Å². The smallest absolute Gasteiger partial charge is 0.304 e. The molecule has 1 fully saturated rings. The molecular weight excluding hydrogens is 373 g/mol. The predicted octanol–water partition coefficient (Wildman–Crippen LogP) is 2.40. The molecule has 0 aliphatic carbocycles. The fourth-order valence-electron chi connectivity index (χ4n) is 2.12. The Morgan fingerprint density at radius 2 is 1.71 bits per heavy atom. The minimum atomic E-state index is -4.72. The van der Waals surface area contributed by atoms with Crippen LogP contribution in [0.3, 0.4) is 0 Å². The summed E-state index contributed by atoms with van der Waals surface area (Å²) in [6.45, 7) is 1.37. The van der Waals surface area contributed by atoms with Crippen molar-refractivity contribution in [3.05, 3.63) is 28.2 Å². The fraction of sp³-hybridized carbons (Fsp3) is 0.500. The van der Waals surface area contributed by atoms with Gasteiger partial charge in [0.15, 0.2) is 0 Å². The van der Waals surface area contributed by atoms with E-state index in [2.05, 4.69) is 15.9 Å². The van der Waals surface area contributed by atoms with Gasteiger partial charge >= 0.3 is 6.18 Å². The van der Waals surface area contributed by atoms with Crippen LogP contribution in [0.1, 0.15) is 5.56 Å². The van der Waals surface area contributed by atoms with Crippen LogP contribution in [0, 0.1) is 0 Å². The summed E-state index contributed by atoms with van der Waals surface area (Å²) >= 11 is 2.94. The van der Waals surface area contributed by atoms with Gasteiger partial charge in [0, 0.05) is 30.7 Å². The van der Waals surface area contributed by atoms with Gasteiger partial charge in [-0.05, 0) is 25.2 Å². The molecule has 0 unspecified atom stereocenters. The first-order chi connectivity index (χ1) is 9.62. The Morgan fingerprint density at radius 3 is 2.24 bits per heavy atom. The van der Waals surface area contributed by atoms with Crippen molar-refractivity contribution in [2.45, 2.75) is 11.1 Å². The van der Waals surface area contributed by atoms with Crippen LogP contribution in [-0.4, -0.2) is 50.8 Å². The van der Waals surface area contributed by atoms with Gasteiger partial charge in [0.25, 0.3) is 0 Å². The summed E-state index contributed by atoms with van der Waals surface area (Å²) < 4.78 is 65.4. The standard InChI is InChI=1S/C12H14BrF3N2O2S/c1-17-4-6-18(7-5-17)21(19,20)11-3-2-9(13)8-10(11)12(14,15)16/h2-3,8H,4-7H2,1H3. The van der Waals surface area contributed by atoms with Crippen molar-refractivity contribution in [3.8, 4) is 0 Å². The molecule has 2 rings (SSSR count). The molecular formula is C12H14BrF3N2O2S. The highest BCUT2D eigenvalue weighted by Crippen LogP contribution is 2.37. The lowest BCUT2D eigenvalue weighted by atomic mass is 10.2. The first kappa shape index (κ1) is 16.7. The average Bonchev–Trinajstić information content (AvgIpc) is 2.38. The number of sulfonamides is 1. The Bertz CT molecular complexity index is 626. The maximum Gasteiger partial charge on any atom is 0.417 e. The Hall–Kier alpha value is -0.640. The Kier molecular flexibility index (Phi) is 4.67. The van der Waals surface area contributed by atoms with E-state index in [9.17, 15) is 21.6 Å². The summed E-state index contributed by atoms with van der Waals surface area (Å²) in [5.41, 5.74) is -1.14. The average molecular weight is 387 g/mol. The van der Waals surface area contributed by atoms with E-state index in [1.54, 1.807) is 0 Å². The molecule has 9 heteroatoms. The zero-order valence-corrected chi connectivity index (χ0v) is 13.6. The third-order valence-corrected chi connectivity index (χ3v) is 5.78. The van der Waals surface area contributed by atoms with Crippen LogP contribution in [0.4, 0.5) is 13.2 Å². The number of alkyl halides is 3. The number of rotatable bonds is 2. The molecule has 0 spiro atoms. The van der Waals surface area contributed by atoms with Gasteiger partial charge in [-0.1, -0.05) is 15.9 Å². The molecule has 1 aliphatic heterocycles. The van der Waals surface area contributed by atoms with Gasteiger partial charge < -0.3 is 4.90 Å². The van der Waals surface area contributed by atoms with Gasteiger partial charge in [-0.15, -0.1) is 0 Å². The van der Waals surface area contributed by atoms with Crippen LogP contribution >= 0.6 is 15.9 Å². The summed E-state index contributed by atoms with van der Waals surface area (Å²) in [5.74, 6) is 0. The number of benzene rings is 1. The topological polar surface area (TPSA) is 40.6 Å². The van der Waals surface area contributed by atoms with E-state index in [1.807, 2.05) is 11.9 Å². The minimum absolute atomic E-state index is 0.187. The van der Waals surface area contributed by atoms with Crippen molar-refractivity contribution < 1.29 is 21.6 Å². The Labute approximate surface area is 129 Å². The molecule has 0 N–H and O–H groups in total. The Morgan fingerprint density at radius 1 is 1.14 bits per heavy atom. The molecule has 4 nitrogen and oxygen atoms in total. The van der Waals surface area contributed by atoms with E-state index in [-0.39, 0.29) is 17.6 Å². The summed E-state index contributed by atoms with van der Waals surface area (Å²) in [4.78, 5) is 1.24. The monoisotopic (exact) mass is 386 g/mol. The van der Waals surface area contributed by atoms with Gasteiger partial charge in [0.2, 0.25) is 10.0 Å². The van der Waals surface area contributed by atoms with Crippen LogP contribution in [0.2, 0.25) is 0 Å². The number of nitrogens with zero attached hydrogens (tertiary/aromatic N) is 2. The summed E-state index contributed by atoms with van der Waals surface area (Å²) in [6.07, 6.45) is -4.72. The molecule has 0 amide bonds. The second kappa shape index (κ2) is 5.86. The first-order valence-corrected chi connectivity index (χ1v) is 8.41. The largest absolute Gasteiger partial charge is 0.417 e.